The monoisotopic (exact) mass is 304 g/mol. The van der Waals surface area contributed by atoms with Gasteiger partial charge in [0.25, 0.3) is 0 Å². The van der Waals surface area contributed by atoms with Gasteiger partial charge in [0.1, 0.15) is 0 Å². The summed E-state index contributed by atoms with van der Waals surface area (Å²) in [6.45, 7) is 1.68. The molecule has 0 aliphatic heterocycles. The number of nitrogens with one attached hydrogen (secondary N) is 1. The fourth-order valence-corrected chi connectivity index (χ4v) is 2.72. The van der Waals surface area contributed by atoms with E-state index in [4.69, 9.17) is 4.74 Å². The van der Waals surface area contributed by atoms with E-state index in [0.29, 0.717) is 19.7 Å². The number of ether oxygens (including phenoxy) is 1. The maximum atomic E-state index is 12.1. The molecule has 0 atom stereocenters. The van der Waals surface area contributed by atoms with Gasteiger partial charge >= 0.3 is 6.03 Å². The molecule has 2 rings (SSSR count). The Morgan fingerprint density at radius 2 is 2.05 bits per heavy atom. The van der Waals surface area contributed by atoms with Crippen molar-refractivity contribution in [1.29, 1.82) is 0 Å². The van der Waals surface area contributed by atoms with Crippen molar-refractivity contribution < 1.29 is 9.53 Å². The van der Waals surface area contributed by atoms with Gasteiger partial charge in [-0.25, -0.2) is 4.79 Å². The third-order valence-corrected chi connectivity index (χ3v) is 3.93. The number of methoxy groups -OCH3 is 1. The lowest BCUT2D eigenvalue weighted by Crippen LogP contribution is -2.36. The van der Waals surface area contributed by atoms with E-state index < -0.39 is 0 Å². The average molecular weight is 304 g/mol. The van der Waals surface area contributed by atoms with Crippen molar-refractivity contribution in [2.75, 3.05) is 14.2 Å². The first-order valence-corrected chi connectivity index (χ1v) is 7.70. The maximum absolute atomic E-state index is 12.1. The normalized spacial score (nSPS) is 10.4. The number of amides is 2. The molecule has 0 aliphatic carbocycles. The fraction of sp³-hybridized carbons (Fsp3) is 0.312. The van der Waals surface area contributed by atoms with Crippen LogP contribution in [0.25, 0.3) is 0 Å². The van der Waals surface area contributed by atoms with Gasteiger partial charge in [-0.15, -0.1) is 0 Å². The van der Waals surface area contributed by atoms with Crippen LogP contribution in [0.5, 0.6) is 0 Å². The SMILES string of the molecule is COCc1ccccc1CNC(=O)N(C)Cc1ccsc1. The van der Waals surface area contributed by atoms with Crippen molar-refractivity contribution in [1.82, 2.24) is 10.2 Å². The molecule has 0 aliphatic rings. The number of carbonyl (C=O) groups excluding carboxylic acids is 1. The summed E-state index contributed by atoms with van der Waals surface area (Å²) in [5, 5.41) is 7.01. The quantitative estimate of drug-likeness (QED) is 0.890. The Morgan fingerprint density at radius 1 is 1.29 bits per heavy atom. The van der Waals surface area contributed by atoms with Crippen molar-refractivity contribution >= 4 is 17.4 Å². The van der Waals surface area contributed by atoms with Crippen LogP contribution in [0.2, 0.25) is 0 Å². The van der Waals surface area contributed by atoms with Crippen molar-refractivity contribution in [3.05, 3.63) is 57.8 Å². The Labute approximate surface area is 129 Å². The Kier molecular flexibility index (Phi) is 5.78. The Morgan fingerprint density at radius 3 is 2.71 bits per heavy atom. The molecule has 0 bridgehead atoms. The number of carbonyl (C=O) groups is 1. The molecule has 0 saturated heterocycles. The van der Waals surface area contributed by atoms with Crippen molar-refractivity contribution in [3.8, 4) is 0 Å². The van der Waals surface area contributed by atoms with Gasteiger partial charge in [-0.05, 0) is 33.5 Å². The zero-order valence-corrected chi connectivity index (χ0v) is 13.2. The summed E-state index contributed by atoms with van der Waals surface area (Å²) in [6.07, 6.45) is 0. The van der Waals surface area contributed by atoms with E-state index in [9.17, 15) is 4.79 Å². The van der Waals surface area contributed by atoms with Crippen molar-refractivity contribution in [3.63, 3.8) is 0 Å². The molecule has 21 heavy (non-hydrogen) atoms. The summed E-state index contributed by atoms with van der Waals surface area (Å²) in [7, 11) is 3.47. The van der Waals surface area contributed by atoms with Crippen LogP contribution in [0.1, 0.15) is 16.7 Å². The second-order valence-corrected chi connectivity index (χ2v) is 5.63. The summed E-state index contributed by atoms with van der Waals surface area (Å²) in [6, 6.07) is 9.92. The smallest absolute Gasteiger partial charge is 0.317 e. The molecule has 5 heteroatoms. The van der Waals surface area contributed by atoms with Crippen LogP contribution < -0.4 is 5.32 Å². The molecule has 0 fully saturated rings. The number of rotatable bonds is 6. The standard InChI is InChI=1S/C16H20N2O2S/c1-18(10-13-7-8-21-12-13)16(19)17-9-14-5-3-4-6-15(14)11-20-2/h3-8,12H,9-11H2,1-2H3,(H,17,19). The molecule has 0 spiro atoms. The topological polar surface area (TPSA) is 41.6 Å². The number of hydrogen-bond acceptors (Lipinski definition) is 3. The van der Waals surface area contributed by atoms with Gasteiger partial charge in [0.05, 0.1) is 6.61 Å². The second kappa shape index (κ2) is 7.81. The fourth-order valence-electron chi connectivity index (χ4n) is 2.06. The Bertz CT molecular complexity index is 569. The van der Waals surface area contributed by atoms with Gasteiger partial charge in [-0.1, -0.05) is 24.3 Å². The molecule has 0 radical (unpaired) electrons. The van der Waals surface area contributed by atoms with Gasteiger partial charge in [-0.2, -0.15) is 11.3 Å². The van der Waals surface area contributed by atoms with Crippen molar-refractivity contribution in [2.45, 2.75) is 19.7 Å². The molecule has 0 unspecified atom stereocenters. The average Bonchev–Trinajstić information content (AvgIpc) is 2.99. The summed E-state index contributed by atoms with van der Waals surface area (Å²) in [5.41, 5.74) is 3.33. The molecule has 2 amide bonds. The Hall–Kier alpha value is -1.85. The van der Waals surface area contributed by atoms with Crippen LogP contribution in [-0.4, -0.2) is 25.1 Å². The second-order valence-electron chi connectivity index (χ2n) is 4.85. The number of urea groups is 1. The van der Waals surface area contributed by atoms with E-state index in [1.807, 2.05) is 35.7 Å². The number of hydrogen-bond donors (Lipinski definition) is 1. The van der Waals surface area contributed by atoms with E-state index in [1.54, 1.807) is 30.4 Å². The lowest BCUT2D eigenvalue weighted by molar-refractivity contribution is 0.183. The molecule has 1 heterocycles. The van der Waals surface area contributed by atoms with Gasteiger partial charge < -0.3 is 15.0 Å². The highest BCUT2D eigenvalue weighted by molar-refractivity contribution is 7.07. The number of thiophene rings is 1. The van der Waals surface area contributed by atoms with Crippen LogP contribution in [0.15, 0.2) is 41.1 Å². The third kappa shape index (κ3) is 4.58. The molecular formula is C16H20N2O2S. The predicted octanol–water partition coefficient (Wildman–Crippen LogP) is 3.24. The zero-order chi connectivity index (χ0) is 15.1. The lowest BCUT2D eigenvalue weighted by Gasteiger charge is -2.18. The predicted molar refractivity (Wildman–Crippen MR) is 85.2 cm³/mol. The molecule has 4 nitrogen and oxygen atoms in total. The van der Waals surface area contributed by atoms with Gasteiger partial charge in [0.2, 0.25) is 0 Å². The van der Waals surface area contributed by atoms with Gasteiger partial charge in [-0.3, -0.25) is 0 Å². The largest absolute Gasteiger partial charge is 0.380 e. The molecule has 1 aromatic carbocycles. The molecule has 112 valence electrons. The zero-order valence-electron chi connectivity index (χ0n) is 12.3. The number of nitrogens with zero attached hydrogens (tertiary/aromatic N) is 1. The number of benzene rings is 1. The molecular weight excluding hydrogens is 284 g/mol. The summed E-state index contributed by atoms with van der Waals surface area (Å²) >= 11 is 1.64. The van der Waals surface area contributed by atoms with Crippen LogP contribution in [0, 0.1) is 0 Å². The Balaban J connectivity index is 1.88. The highest BCUT2D eigenvalue weighted by Gasteiger charge is 2.10. The molecule has 0 saturated carbocycles. The summed E-state index contributed by atoms with van der Waals surface area (Å²) in [5.74, 6) is 0. The van der Waals surface area contributed by atoms with E-state index in [-0.39, 0.29) is 6.03 Å². The van der Waals surface area contributed by atoms with Crippen molar-refractivity contribution in [2.24, 2.45) is 0 Å². The van der Waals surface area contributed by atoms with Crippen LogP contribution in [0.4, 0.5) is 4.79 Å². The minimum absolute atomic E-state index is 0.0755. The third-order valence-electron chi connectivity index (χ3n) is 3.19. The van der Waals surface area contributed by atoms with Crippen LogP contribution in [0.3, 0.4) is 0 Å². The first-order chi connectivity index (χ1) is 10.2. The lowest BCUT2D eigenvalue weighted by atomic mass is 10.1. The van der Waals surface area contributed by atoms with E-state index in [0.717, 1.165) is 16.7 Å². The minimum atomic E-state index is -0.0755. The molecule has 1 aromatic heterocycles. The van der Waals surface area contributed by atoms with E-state index in [1.165, 1.54) is 0 Å². The first kappa shape index (κ1) is 15.5. The van der Waals surface area contributed by atoms with Gasteiger partial charge in [0, 0.05) is 27.2 Å². The summed E-state index contributed by atoms with van der Waals surface area (Å²) in [4.78, 5) is 13.8. The maximum Gasteiger partial charge on any atom is 0.317 e. The highest BCUT2D eigenvalue weighted by Crippen LogP contribution is 2.11. The van der Waals surface area contributed by atoms with Gasteiger partial charge in [0.15, 0.2) is 0 Å². The highest BCUT2D eigenvalue weighted by atomic mass is 32.1. The summed E-state index contributed by atoms with van der Waals surface area (Å²) < 4.78 is 5.17. The van der Waals surface area contributed by atoms with E-state index in [2.05, 4.69) is 10.7 Å². The first-order valence-electron chi connectivity index (χ1n) is 6.76. The molecule has 1 N–H and O–H groups in total. The van der Waals surface area contributed by atoms with E-state index >= 15 is 0 Å². The van der Waals surface area contributed by atoms with Crippen LogP contribution >= 0.6 is 11.3 Å². The molecule has 2 aromatic rings. The van der Waals surface area contributed by atoms with Crippen LogP contribution in [-0.2, 0) is 24.4 Å². The minimum Gasteiger partial charge on any atom is -0.380 e.